The third kappa shape index (κ3) is 7.17. The lowest BCUT2D eigenvalue weighted by Crippen LogP contribution is -2.32. The lowest BCUT2D eigenvalue weighted by Gasteiger charge is -2.19. The van der Waals surface area contributed by atoms with Crippen molar-refractivity contribution < 1.29 is 38.4 Å². The van der Waals surface area contributed by atoms with Gasteiger partial charge in [0.1, 0.15) is 11.5 Å². The number of aromatic hydroxyl groups is 1. The Labute approximate surface area is 324 Å². The minimum atomic E-state index is -0.216. The predicted octanol–water partition coefficient (Wildman–Crippen LogP) is 7.99. The Bertz CT molecular complexity index is 2280. The van der Waals surface area contributed by atoms with E-state index < -0.39 is 0 Å². The van der Waals surface area contributed by atoms with E-state index in [-0.39, 0.29) is 29.6 Å². The second kappa shape index (κ2) is 15.7. The first-order valence-electron chi connectivity index (χ1n) is 18.6. The second-order valence-corrected chi connectivity index (χ2v) is 13.9. The molecule has 2 atom stereocenters. The highest BCUT2D eigenvalue weighted by molar-refractivity contribution is 6.06. The Hall–Kier alpha value is -6.56. The van der Waals surface area contributed by atoms with Crippen molar-refractivity contribution in [3.63, 3.8) is 0 Å². The number of hydrogen-bond acceptors (Lipinski definition) is 10. The summed E-state index contributed by atoms with van der Waals surface area (Å²) < 4.78 is 28.8. The van der Waals surface area contributed by atoms with Gasteiger partial charge in [-0.25, -0.2) is 0 Å². The fourth-order valence-corrected chi connectivity index (χ4v) is 7.37. The quantitative estimate of drug-likeness (QED) is 0.136. The largest absolute Gasteiger partial charge is 0.508 e. The molecule has 0 radical (unpaired) electrons. The molecule has 0 aromatic heterocycles. The molecule has 56 heavy (non-hydrogen) atoms. The van der Waals surface area contributed by atoms with Gasteiger partial charge in [-0.2, -0.15) is 0 Å². The summed E-state index contributed by atoms with van der Waals surface area (Å²) in [6.45, 7) is 0.876. The topological polar surface area (TPSA) is 132 Å². The van der Waals surface area contributed by atoms with Crippen LogP contribution in [-0.2, 0) is 0 Å². The summed E-state index contributed by atoms with van der Waals surface area (Å²) in [4.78, 5) is 40.2. The average Bonchev–Trinajstić information content (AvgIpc) is 3.80. The predicted molar refractivity (Wildman–Crippen MR) is 213 cm³/mol. The van der Waals surface area contributed by atoms with E-state index in [2.05, 4.69) is 4.99 Å². The number of ether oxygens (including phenoxy) is 5. The van der Waals surface area contributed by atoms with Gasteiger partial charge in [-0.3, -0.25) is 19.6 Å². The maximum Gasteiger partial charge on any atom is 0.260 e. The van der Waals surface area contributed by atoms with E-state index in [1.807, 2.05) is 55.0 Å². The van der Waals surface area contributed by atoms with Gasteiger partial charge in [0, 0.05) is 49.8 Å². The summed E-state index contributed by atoms with van der Waals surface area (Å²) in [7, 11) is 4.75. The van der Waals surface area contributed by atoms with Crippen molar-refractivity contribution in [1.82, 2.24) is 9.80 Å². The molecule has 4 aromatic carbocycles. The van der Waals surface area contributed by atoms with Crippen molar-refractivity contribution in [2.75, 3.05) is 34.5 Å². The number of benzene rings is 4. The van der Waals surface area contributed by atoms with E-state index in [0.717, 1.165) is 47.3 Å². The maximum absolute atomic E-state index is 13.7. The molecule has 0 unspecified atom stereocenters. The van der Waals surface area contributed by atoms with Gasteiger partial charge in [0.05, 0.1) is 69.1 Å². The first-order chi connectivity index (χ1) is 27.3. The Balaban J connectivity index is 0.849. The van der Waals surface area contributed by atoms with Crippen LogP contribution in [0.3, 0.4) is 0 Å². The first-order valence-corrected chi connectivity index (χ1v) is 18.6. The molecule has 0 saturated heterocycles. The normalized spacial score (nSPS) is 17.9. The highest BCUT2D eigenvalue weighted by atomic mass is 16.5. The van der Waals surface area contributed by atoms with Crippen molar-refractivity contribution in [3.05, 3.63) is 107 Å². The minimum absolute atomic E-state index is 0.140. The van der Waals surface area contributed by atoms with Gasteiger partial charge in [0.25, 0.3) is 11.8 Å². The number of phenols is 1. The van der Waals surface area contributed by atoms with Crippen LogP contribution in [0, 0.1) is 0 Å². The monoisotopic (exact) mass is 754 g/mol. The van der Waals surface area contributed by atoms with Crippen molar-refractivity contribution in [1.29, 1.82) is 0 Å². The molecule has 2 amide bonds. The molecule has 0 saturated carbocycles. The minimum Gasteiger partial charge on any atom is -0.508 e. The number of methoxy groups -OCH3 is 3. The van der Waals surface area contributed by atoms with E-state index in [1.165, 1.54) is 0 Å². The van der Waals surface area contributed by atoms with Crippen LogP contribution in [0.4, 0.5) is 11.4 Å². The van der Waals surface area contributed by atoms with E-state index in [9.17, 15) is 14.7 Å². The molecular weight excluding hydrogens is 713 g/mol. The Morgan fingerprint density at radius 3 is 1.52 bits per heavy atom. The van der Waals surface area contributed by atoms with E-state index >= 15 is 0 Å². The van der Waals surface area contributed by atoms with Crippen LogP contribution in [0.1, 0.15) is 63.9 Å². The fraction of sp³-hybridized carbons (Fsp3) is 0.273. The molecule has 0 bridgehead atoms. The lowest BCUT2D eigenvalue weighted by atomic mass is 10.0. The number of carbonyl (C=O) groups excluding carboxylic acids is 2. The average molecular weight is 755 g/mol. The summed E-state index contributed by atoms with van der Waals surface area (Å²) in [5.74, 6) is 2.65. The number of phenolic OH excluding ortho intramolecular Hbond substituents is 1. The summed E-state index contributed by atoms with van der Waals surface area (Å²) in [6, 6.07) is 21.3. The third-order valence-corrected chi connectivity index (χ3v) is 10.4. The van der Waals surface area contributed by atoms with Crippen molar-refractivity contribution in [2.45, 2.75) is 44.2 Å². The highest BCUT2D eigenvalue weighted by Gasteiger charge is 2.35. The molecule has 12 heteroatoms. The molecule has 4 heterocycles. The zero-order valence-electron chi connectivity index (χ0n) is 31.4. The van der Waals surface area contributed by atoms with Gasteiger partial charge >= 0.3 is 0 Å². The molecule has 8 rings (SSSR count). The Morgan fingerprint density at radius 1 is 0.607 bits per heavy atom. The van der Waals surface area contributed by atoms with Gasteiger partial charge in [0.15, 0.2) is 23.0 Å². The molecule has 1 N–H and O–H groups in total. The molecule has 4 aromatic rings. The zero-order valence-corrected chi connectivity index (χ0v) is 31.4. The molecule has 4 aliphatic rings. The first kappa shape index (κ1) is 36.4. The highest BCUT2D eigenvalue weighted by Crippen LogP contribution is 2.42. The van der Waals surface area contributed by atoms with Gasteiger partial charge < -0.3 is 38.6 Å². The van der Waals surface area contributed by atoms with Crippen LogP contribution in [0.5, 0.6) is 34.5 Å². The van der Waals surface area contributed by atoms with Crippen LogP contribution in [0.2, 0.25) is 0 Å². The number of unbranched alkanes of at least 4 members (excludes halogenated alkanes) is 2. The number of carbonyl (C=O) groups is 2. The number of nitrogens with zero attached hydrogens (tertiary/aromatic N) is 4. The molecule has 4 aliphatic heterocycles. The second-order valence-electron chi connectivity index (χ2n) is 13.9. The van der Waals surface area contributed by atoms with E-state index in [0.29, 0.717) is 71.6 Å². The number of amides is 2. The molecule has 12 nitrogen and oxygen atoms in total. The maximum atomic E-state index is 13.7. The SMILES string of the molecule is COc1ccc(C2=CN3C(=O)c4cc(OC)c(OCCCCCOc5cc6c(cc5OC)C(=O)N5C=C(c7ccc(O)cc7)C[C@H]5C=N6)cc4N=C[C@@H]3C2)cc1. The van der Waals surface area contributed by atoms with Gasteiger partial charge in [0.2, 0.25) is 0 Å². The fourth-order valence-electron chi connectivity index (χ4n) is 7.37. The smallest absolute Gasteiger partial charge is 0.260 e. The lowest BCUT2D eigenvalue weighted by molar-refractivity contribution is 0.0809. The Morgan fingerprint density at radius 2 is 1.07 bits per heavy atom. The molecule has 0 fully saturated rings. The number of fused-ring (bicyclic) bond motifs is 4. The molecule has 0 aliphatic carbocycles. The zero-order chi connectivity index (χ0) is 38.8. The number of rotatable bonds is 13. The molecule has 0 spiro atoms. The van der Waals surface area contributed by atoms with Crippen LogP contribution in [0.25, 0.3) is 11.1 Å². The molecular formula is C44H42N4O8. The summed E-state index contributed by atoms with van der Waals surface area (Å²) >= 11 is 0. The van der Waals surface area contributed by atoms with Crippen LogP contribution in [0.15, 0.2) is 95.2 Å². The summed E-state index contributed by atoms with van der Waals surface area (Å²) in [6.07, 6.45) is 11.0. The van der Waals surface area contributed by atoms with E-state index in [4.69, 9.17) is 28.7 Å². The Kier molecular flexibility index (Phi) is 10.2. The van der Waals surface area contributed by atoms with Gasteiger partial charge in [-0.1, -0.05) is 24.3 Å². The van der Waals surface area contributed by atoms with Gasteiger partial charge in [-0.05, 0) is 77.9 Å². The van der Waals surface area contributed by atoms with Crippen molar-refractivity contribution in [2.24, 2.45) is 9.98 Å². The van der Waals surface area contributed by atoms with Crippen molar-refractivity contribution >= 4 is 46.8 Å². The number of hydrogen-bond donors (Lipinski definition) is 1. The van der Waals surface area contributed by atoms with E-state index in [1.54, 1.807) is 73.7 Å². The summed E-state index contributed by atoms with van der Waals surface area (Å²) in [5.41, 5.74) is 6.01. The van der Waals surface area contributed by atoms with Crippen LogP contribution in [-0.4, -0.2) is 85.8 Å². The standard InChI is InChI=1S/C44H42N4O8/c1-52-34-13-9-28(10-14-34)30-18-32-24-46-38-22-42(40(54-3)20-36(38)44(51)48(32)26-30)56-16-6-4-5-15-55-41-21-37-35(19-39(41)53-2)43(50)47-25-29(17-31(47)23-45-37)27-7-11-33(49)12-8-27/h7-14,19-26,31-32,49H,4-6,15-18H2,1-3H3/t31-,32-/m0/s1. The van der Waals surface area contributed by atoms with Crippen LogP contribution < -0.4 is 23.7 Å². The summed E-state index contributed by atoms with van der Waals surface area (Å²) in [5, 5.41) is 9.67. The number of aliphatic imine (C=N–C) groups is 2. The third-order valence-electron chi connectivity index (χ3n) is 10.4. The van der Waals surface area contributed by atoms with Gasteiger partial charge in [-0.15, -0.1) is 0 Å². The van der Waals surface area contributed by atoms with Crippen molar-refractivity contribution in [3.8, 4) is 34.5 Å². The molecule has 286 valence electrons. The van der Waals surface area contributed by atoms with Crippen LogP contribution >= 0.6 is 0 Å².